The molecule has 5 atom stereocenters. The number of carbonyl (C=O) groups excluding carboxylic acids is 1. The van der Waals surface area contributed by atoms with Gasteiger partial charge in [0.1, 0.15) is 6.29 Å². The van der Waals surface area contributed by atoms with Crippen LogP contribution in [0.4, 0.5) is 0 Å². The first-order valence-electron chi connectivity index (χ1n) is 5.23. The predicted molar refractivity (Wildman–Crippen MR) is 48.7 cm³/mol. The van der Waals surface area contributed by atoms with Crippen molar-refractivity contribution in [3.8, 4) is 0 Å². The number of hydrogen-bond donors (Lipinski definition) is 0. The quantitative estimate of drug-likeness (QED) is 0.576. The van der Waals surface area contributed by atoms with E-state index in [0.717, 1.165) is 23.7 Å². The van der Waals surface area contributed by atoms with Gasteiger partial charge in [0.25, 0.3) is 0 Å². The Bertz CT molecular complexity index is 187. The average Bonchev–Trinajstić information content (AvgIpc) is 2.61. The molecule has 0 radical (unpaired) electrons. The molecule has 0 amide bonds. The maximum absolute atomic E-state index is 10.8. The van der Waals surface area contributed by atoms with E-state index < -0.39 is 0 Å². The highest BCUT2D eigenvalue weighted by molar-refractivity contribution is 5.55. The summed E-state index contributed by atoms with van der Waals surface area (Å²) in [5.41, 5.74) is 0. The molecule has 1 heteroatoms. The van der Waals surface area contributed by atoms with Gasteiger partial charge in [-0.1, -0.05) is 20.3 Å². The first-order chi connectivity index (χ1) is 5.77. The molecule has 0 aromatic heterocycles. The zero-order chi connectivity index (χ0) is 8.72. The maximum Gasteiger partial charge on any atom is 0.123 e. The molecule has 0 aliphatic heterocycles. The Morgan fingerprint density at radius 1 is 1.42 bits per heavy atom. The summed E-state index contributed by atoms with van der Waals surface area (Å²) in [7, 11) is 0. The Morgan fingerprint density at radius 2 is 2.17 bits per heavy atom. The third-order valence-electron chi connectivity index (χ3n) is 4.31. The minimum Gasteiger partial charge on any atom is -0.303 e. The summed E-state index contributed by atoms with van der Waals surface area (Å²) in [4.78, 5) is 10.8. The first kappa shape index (κ1) is 8.28. The smallest absolute Gasteiger partial charge is 0.123 e. The largest absolute Gasteiger partial charge is 0.303 e. The standard InChI is InChI=1S/C11H18O/c1-3-10-7(2)8-4-9(6-12)11(10)5-8/h6-11H,3-5H2,1-2H3. The van der Waals surface area contributed by atoms with Crippen LogP contribution in [-0.2, 0) is 4.79 Å². The van der Waals surface area contributed by atoms with Gasteiger partial charge >= 0.3 is 0 Å². The molecule has 0 saturated heterocycles. The van der Waals surface area contributed by atoms with Gasteiger partial charge in [0.05, 0.1) is 0 Å². The van der Waals surface area contributed by atoms with E-state index in [1.807, 2.05) is 0 Å². The lowest BCUT2D eigenvalue weighted by atomic mass is 9.74. The van der Waals surface area contributed by atoms with Crippen LogP contribution in [0.25, 0.3) is 0 Å². The molecule has 0 spiro atoms. The van der Waals surface area contributed by atoms with Crippen LogP contribution in [-0.4, -0.2) is 6.29 Å². The summed E-state index contributed by atoms with van der Waals surface area (Å²) in [5, 5.41) is 0. The van der Waals surface area contributed by atoms with Crippen molar-refractivity contribution >= 4 is 6.29 Å². The Kier molecular flexibility index (Phi) is 1.97. The fraction of sp³-hybridized carbons (Fsp3) is 0.909. The van der Waals surface area contributed by atoms with Crippen molar-refractivity contribution in [3.05, 3.63) is 0 Å². The fourth-order valence-corrected chi connectivity index (χ4v) is 3.64. The van der Waals surface area contributed by atoms with E-state index in [1.54, 1.807) is 0 Å². The van der Waals surface area contributed by atoms with E-state index in [0.29, 0.717) is 5.92 Å². The molecule has 5 unspecified atom stereocenters. The molecule has 0 heterocycles. The Labute approximate surface area is 74.5 Å². The van der Waals surface area contributed by atoms with Gasteiger partial charge in [-0.25, -0.2) is 0 Å². The SMILES string of the molecule is CCC1C(C)C2CC(C=O)C1C2. The monoisotopic (exact) mass is 166 g/mol. The molecule has 12 heavy (non-hydrogen) atoms. The number of hydrogen-bond acceptors (Lipinski definition) is 1. The molecule has 0 N–H and O–H groups in total. The van der Waals surface area contributed by atoms with Crippen molar-refractivity contribution in [2.75, 3.05) is 0 Å². The lowest BCUT2D eigenvalue weighted by molar-refractivity contribution is -0.113. The van der Waals surface area contributed by atoms with Gasteiger partial charge in [-0.2, -0.15) is 0 Å². The molecule has 1 nitrogen and oxygen atoms in total. The number of aldehydes is 1. The zero-order valence-electron chi connectivity index (χ0n) is 7.99. The Balaban J connectivity index is 2.14. The van der Waals surface area contributed by atoms with Crippen LogP contribution in [0.3, 0.4) is 0 Å². The minimum absolute atomic E-state index is 0.413. The second kappa shape index (κ2) is 2.86. The van der Waals surface area contributed by atoms with Gasteiger partial charge in [-0.3, -0.25) is 0 Å². The van der Waals surface area contributed by atoms with E-state index >= 15 is 0 Å². The summed E-state index contributed by atoms with van der Waals surface area (Å²) in [5.74, 6) is 3.76. The van der Waals surface area contributed by atoms with Gasteiger partial charge in [0.15, 0.2) is 0 Å². The molecule has 2 fully saturated rings. The van der Waals surface area contributed by atoms with Crippen molar-refractivity contribution in [2.45, 2.75) is 33.1 Å². The molecule has 0 aromatic rings. The molecule has 2 saturated carbocycles. The van der Waals surface area contributed by atoms with Crippen LogP contribution >= 0.6 is 0 Å². The summed E-state index contributed by atoms with van der Waals surface area (Å²) < 4.78 is 0. The summed E-state index contributed by atoms with van der Waals surface area (Å²) in [6.07, 6.45) is 5.00. The molecule has 0 aromatic carbocycles. The van der Waals surface area contributed by atoms with Crippen LogP contribution in [0.1, 0.15) is 33.1 Å². The van der Waals surface area contributed by atoms with Crippen LogP contribution in [0.5, 0.6) is 0 Å². The van der Waals surface area contributed by atoms with Crippen molar-refractivity contribution in [1.82, 2.24) is 0 Å². The van der Waals surface area contributed by atoms with Gasteiger partial charge in [0, 0.05) is 5.92 Å². The molecule has 2 rings (SSSR count). The highest BCUT2D eigenvalue weighted by atomic mass is 16.1. The lowest BCUT2D eigenvalue weighted by Gasteiger charge is -2.30. The average molecular weight is 166 g/mol. The van der Waals surface area contributed by atoms with Crippen LogP contribution in [0.15, 0.2) is 0 Å². The van der Waals surface area contributed by atoms with E-state index in [9.17, 15) is 4.79 Å². The highest BCUT2D eigenvalue weighted by Gasteiger charge is 2.49. The van der Waals surface area contributed by atoms with Crippen molar-refractivity contribution < 1.29 is 4.79 Å². The molecule has 2 aliphatic rings. The molecule has 68 valence electrons. The van der Waals surface area contributed by atoms with Gasteiger partial charge in [-0.05, 0) is 36.5 Å². The molecular formula is C11H18O. The highest BCUT2D eigenvalue weighted by Crippen LogP contribution is 2.55. The van der Waals surface area contributed by atoms with Crippen LogP contribution < -0.4 is 0 Å². The van der Waals surface area contributed by atoms with Crippen molar-refractivity contribution in [2.24, 2.45) is 29.6 Å². The summed E-state index contributed by atoms with van der Waals surface area (Å²) in [6.45, 7) is 4.64. The van der Waals surface area contributed by atoms with Gasteiger partial charge in [0.2, 0.25) is 0 Å². The number of carbonyl (C=O) groups is 1. The van der Waals surface area contributed by atoms with E-state index in [-0.39, 0.29) is 0 Å². The topological polar surface area (TPSA) is 17.1 Å². The summed E-state index contributed by atoms with van der Waals surface area (Å²) >= 11 is 0. The zero-order valence-corrected chi connectivity index (χ0v) is 7.99. The maximum atomic E-state index is 10.8. The third kappa shape index (κ3) is 0.949. The van der Waals surface area contributed by atoms with E-state index in [1.165, 1.54) is 25.5 Å². The number of rotatable bonds is 2. The van der Waals surface area contributed by atoms with Crippen molar-refractivity contribution in [3.63, 3.8) is 0 Å². The summed E-state index contributed by atoms with van der Waals surface area (Å²) in [6, 6.07) is 0. The first-order valence-corrected chi connectivity index (χ1v) is 5.23. The van der Waals surface area contributed by atoms with E-state index in [4.69, 9.17) is 0 Å². The molecule has 2 aliphatic carbocycles. The second-order valence-corrected chi connectivity index (χ2v) is 4.63. The Morgan fingerprint density at radius 3 is 2.67 bits per heavy atom. The predicted octanol–water partition coefficient (Wildman–Crippen LogP) is 2.50. The van der Waals surface area contributed by atoms with Gasteiger partial charge in [-0.15, -0.1) is 0 Å². The lowest BCUT2D eigenvalue weighted by Crippen LogP contribution is -2.26. The normalized spacial score (nSPS) is 51.3. The van der Waals surface area contributed by atoms with Crippen LogP contribution in [0.2, 0.25) is 0 Å². The molecular weight excluding hydrogens is 148 g/mol. The number of fused-ring (bicyclic) bond motifs is 2. The second-order valence-electron chi connectivity index (χ2n) is 4.63. The van der Waals surface area contributed by atoms with Gasteiger partial charge < -0.3 is 4.79 Å². The Hall–Kier alpha value is -0.330. The van der Waals surface area contributed by atoms with Crippen molar-refractivity contribution in [1.29, 1.82) is 0 Å². The minimum atomic E-state index is 0.413. The van der Waals surface area contributed by atoms with E-state index in [2.05, 4.69) is 13.8 Å². The molecule has 2 bridgehead atoms. The fourth-order valence-electron chi connectivity index (χ4n) is 3.64. The third-order valence-corrected chi connectivity index (χ3v) is 4.31. The van der Waals surface area contributed by atoms with Crippen LogP contribution in [0, 0.1) is 29.6 Å².